The Morgan fingerprint density at radius 2 is 1.52 bits per heavy atom. The molecule has 0 spiro atoms. The van der Waals surface area contributed by atoms with E-state index in [9.17, 15) is 9.90 Å². The minimum Gasteiger partial charge on any atom is -0.507 e. The predicted molar refractivity (Wildman–Crippen MR) is 123 cm³/mol. The van der Waals surface area contributed by atoms with Crippen molar-refractivity contribution in [2.24, 2.45) is 0 Å². The van der Waals surface area contributed by atoms with E-state index in [1.165, 1.54) is 0 Å². The van der Waals surface area contributed by atoms with Crippen LogP contribution in [0.25, 0.3) is 0 Å². The molecule has 2 N–H and O–H groups in total. The van der Waals surface area contributed by atoms with Crippen LogP contribution in [0.15, 0.2) is 48.6 Å². The molecule has 3 heteroatoms. The first-order valence-electron chi connectivity index (χ1n) is 10.3. The molecule has 0 aromatic heterocycles. The number of hydrogen-bond acceptors (Lipinski definition) is 2. The van der Waals surface area contributed by atoms with E-state index in [0.717, 1.165) is 27.9 Å². The van der Waals surface area contributed by atoms with Crippen LogP contribution in [0.1, 0.15) is 77.1 Å². The quantitative estimate of drug-likeness (QED) is 0.571. The number of phenolic OH excluding ortho intramolecular Hbond substituents is 1. The normalized spacial score (nSPS) is 12.0. The fourth-order valence-corrected chi connectivity index (χ4v) is 3.33. The largest absolute Gasteiger partial charge is 0.507 e. The minimum absolute atomic E-state index is 0.142. The molecule has 2 rings (SSSR count). The molecule has 29 heavy (non-hydrogen) atoms. The lowest BCUT2D eigenvalue weighted by Gasteiger charge is -2.28. The molecular weight excluding hydrogens is 358 g/mol. The fraction of sp³-hybridized carbons (Fsp3) is 0.423. The zero-order valence-corrected chi connectivity index (χ0v) is 18.9. The topological polar surface area (TPSA) is 49.3 Å². The number of carbonyl (C=O) groups excluding carboxylic acids is 1. The van der Waals surface area contributed by atoms with Crippen LogP contribution in [0.4, 0.5) is 5.69 Å². The van der Waals surface area contributed by atoms with Gasteiger partial charge in [0.2, 0.25) is 0 Å². The second-order valence-electron chi connectivity index (χ2n) is 9.78. The van der Waals surface area contributed by atoms with E-state index >= 15 is 0 Å². The van der Waals surface area contributed by atoms with Crippen molar-refractivity contribution in [1.29, 1.82) is 0 Å². The van der Waals surface area contributed by atoms with Crippen molar-refractivity contribution in [2.45, 2.75) is 72.1 Å². The molecule has 0 fully saturated rings. The highest BCUT2D eigenvalue weighted by atomic mass is 16.3. The molecule has 0 unspecified atom stereocenters. The number of amides is 1. The molecule has 1 amide bonds. The Labute approximate surface area is 175 Å². The first-order chi connectivity index (χ1) is 13.3. The van der Waals surface area contributed by atoms with Crippen molar-refractivity contribution in [1.82, 2.24) is 0 Å². The molecule has 0 bridgehead atoms. The maximum atomic E-state index is 12.3. The summed E-state index contributed by atoms with van der Waals surface area (Å²) < 4.78 is 0. The molecule has 0 aliphatic heterocycles. The van der Waals surface area contributed by atoms with E-state index in [4.69, 9.17) is 0 Å². The van der Waals surface area contributed by atoms with Gasteiger partial charge in [-0.05, 0) is 52.0 Å². The summed E-state index contributed by atoms with van der Waals surface area (Å²) in [4.78, 5) is 12.3. The number of rotatable bonds is 5. The van der Waals surface area contributed by atoms with Crippen molar-refractivity contribution >= 4 is 11.6 Å². The first kappa shape index (κ1) is 22.7. The van der Waals surface area contributed by atoms with Gasteiger partial charge in [-0.1, -0.05) is 85.4 Å². The number of carbonyl (C=O) groups is 1. The fourth-order valence-electron chi connectivity index (χ4n) is 3.33. The number of nitrogens with one attached hydrogen (secondary N) is 1. The van der Waals surface area contributed by atoms with E-state index in [-0.39, 0.29) is 16.7 Å². The molecular formula is C26H35NO2. The minimum atomic E-state index is -0.174. The Hall–Kier alpha value is -2.55. The molecule has 2 aromatic rings. The van der Waals surface area contributed by atoms with E-state index < -0.39 is 0 Å². The number of hydrogen-bond donors (Lipinski definition) is 2. The summed E-state index contributed by atoms with van der Waals surface area (Å²) in [6.07, 6.45) is 1.29. The van der Waals surface area contributed by atoms with E-state index in [1.54, 1.807) is 0 Å². The van der Waals surface area contributed by atoms with Crippen LogP contribution in [-0.2, 0) is 22.0 Å². The highest BCUT2D eigenvalue weighted by Crippen LogP contribution is 2.40. The highest BCUT2D eigenvalue weighted by molar-refractivity contribution is 6.03. The monoisotopic (exact) mass is 393 g/mol. The van der Waals surface area contributed by atoms with Gasteiger partial charge in [0.1, 0.15) is 5.75 Å². The molecule has 0 aliphatic rings. The number of aromatic hydroxyl groups is 1. The van der Waals surface area contributed by atoms with Gasteiger partial charge in [-0.2, -0.15) is 0 Å². The lowest BCUT2D eigenvalue weighted by atomic mass is 9.78. The average molecular weight is 394 g/mol. The lowest BCUT2D eigenvalue weighted by Crippen LogP contribution is -2.18. The van der Waals surface area contributed by atoms with Gasteiger partial charge < -0.3 is 10.4 Å². The van der Waals surface area contributed by atoms with Crippen molar-refractivity contribution in [2.75, 3.05) is 5.32 Å². The zero-order valence-electron chi connectivity index (χ0n) is 18.9. The maximum Gasteiger partial charge on any atom is 0.250 e. The van der Waals surface area contributed by atoms with Crippen LogP contribution < -0.4 is 5.32 Å². The van der Waals surface area contributed by atoms with Gasteiger partial charge >= 0.3 is 0 Å². The molecule has 0 aliphatic carbocycles. The second kappa shape index (κ2) is 8.44. The second-order valence-corrected chi connectivity index (χ2v) is 9.78. The summed E-state index contributed by atoms with van der Waals surface area (Å²) in [6.45, 7) is 18.4. The molecule has 2 aromatic carbocycles. The SMILES string of the molecule is C=C(CC)C(=O)Nc1ccccc1Cc1cc(C(C)(C)C)c(O)c(C(C)(C)C)c1. The molecule has 0 heterocycles. The Morgan fingerprint density at radius 3 is 2.00 bits per heavy atom. The molecule has 0 radical (unpaired) electrons. The third-order valence-electron chi connectivity index (χ3n) is 5.19. The van der Waals surface area contributed by atoms with Crippen LogP contribution in [0.2, 0.25) is 0 Å². The van der Waals surface area contributed by atoms with Crippen molar-refractivity contribution < 1.29 is 9.90 Å². The summed E-state index contributed by atoms with van der Waals surface area (Å²) in [5.74, 6) is 0.242. The van der Waals surface area contributed by atoms with Crippen LogP contribution in [0, 0.1) is 0 Å². The predicted octanol–water partition coefficient (Wildman–Crippen LogP) is 6.48. The highest BCUT2D eigenvalue weighted by Gasteiger charge is 2.26. The van der Waals surface area contributed by atoms with Gasteiger partial charge in [0.25, 0.3) is 5.91 Å². The van der Waals surface area contributed by atoms with Gasteiger partial charge in [-0.25, -0.2) is 0 Å². The Balaban J connectivity index is 2.50. The van der Waals surface area contributed by atoms with Crippen molar-refractivity contribution in [3.8, 4) is 5.75 Å². The van der Waals surface area contributed by atoms with Gasteiger partial charge in [0.15, 0.2) is 0 Å². The van der Waals surface area contributed by atoms with Crippen molar-refractivity contribution in [3.63, 3.8) is 0 Å². The Kier molecular flexibility index (Phi) is 6.62. The Bertz CT molecular complexity index is 876. The summed E-state index contributed by atoms with van der Waals surface area (Å²) in [7, 11) is 0. The zero-order chi connectivity index (χ0) is 22.0. The number of anilines is 1. The van der Waals surface area contributed by atoms with Crippen LogP contribution in [0.3, 0.4) is 0 Å². The number of para-hydroxylation sites is 1. The summed E-state index contributed by atoms with van der Waals surface area (Å²) in [6, 6.07) is 12.0. The van der Waals surface area contributed by atoms with Gasteiger partial charge in [-0.3, -0.25) is 4.79 Å². The third-order valence-corrected chi connectivity index (χ3v) is 5.19. The van der Waals surface area contributed by atoms with Gasteiger partial charge in [-0.15, -0.1) is 0 Å². The van der Waals surface area contributed by atoms with E-state index in [0.29, 0.717) is 24.2 Å². The van der Waals surface area contributed by atoms with Crippen LogP contribution in [0.5, 0.6) is 5.75 Å². The summed E-state index contributed by atoms with van der Waals surface area (Å²) in [5.41, 5.74) is 5.06. The van der Waals surface area contributed by atoms with Crippen molar-refractivity contribution in [3.05, 3.63) is 70.8 Å². The van der Waals surface area contributed by atoms with Crippen LogP contribution in [-0.4, -0.2) is 11.0 Å². The first-order valence-corrected chi connectivity index (χ1v) is 10.3. The van der Waals surface area contributed by atoms with Gasteiger partial charge in [0.05, 0.1) is 0 Å². The van der Waals surface area contributed by atoms with Gasteiger partial charge in [0, 0.05) is 11.3 Å². The molecule has 0 atom stereocenters. The van der Waals surface area contributed by atoms with E-state index in [2.05, 4.69) is 65.6 Å². The lowest BCUT2D eigenvalue weighted by molar-refractivity contribution is -0.112. The molecule has 3 nitrogen and oxygen atoms in total. The maximum absolute atomic E-state index is 12.3. The third kappa shape index (κ3) is 5.50. The standard InChI is InChI=1S/C26H35NO2/c1-9-17(2)24(29)27-22-13-11-10-12-19(22)14-18-15-20(25(3,4)5)23(28)21(16-18)26(6,7)8/h10-13,15-16,28H,2,9,14H2,1,3-8H3,(H,27,29). The summed E-state index contributed by atoms with van der Waals surface area (Å²) >= 11 is 0. The number of phenols is 1. The molecule has 156 valence electrons. The van der Waals surface area contributed by atoms with Crippen LogP contribution >= 0.6 is 0 Å². The average Bonchev–Trinajstić information content (AvgIpc) is 2.61. The smallest absolute Gasteiger partial charge is 0.250 e. The Morgan fingerprint density at radius 1 is 1.00 bits per heavy atom. The molecule has 0 saturated carbocycles. The van der Waals surface area contributed by atoms with E-state index in [1.807, 2.05) is 31.2 Å². The molecule has 0 saturated heterocycles. The summed E-state index contributed by atoms with van der Waals surface area (Å²) in [5, 5.41) is 13.9. The number of benzene rings is 2.